The summed E-state index contributed by atoms with van der Waals surface area (Å²) >= 11 is 0. The number of nitrogens with one attached hydrogen (secondary N) is 2. The van der Waals surface area contributed by atoms with E-state index in [0.29, 0.717) is 11.4 Å². The van der Waals surface area contributed by atoms with E-state index in [0.717, 1.165) is 16.8 Å². The first-order valence-corrected chi connectivity index (χ1v) is 8.29. The van der Waals surface area contributed by atoms with Crippen molar-refractivity contribution in [2.45, 2.75) is 27.7 Å². The molecule has 0 radical (unpaired) electrons. The molecule has 0 bridgehead atoms. The molecule has 3 amide bonds. The van der Waals surface area contributed by atoms with Gasteiger partial charge in [-0.15, -0.1) is 0 Å². The molecule has 6 heteroatoms. The lowest BCUT2D eigenvalue weighted by atomic mass is 10.1. The molecular weight excluding hydrogens is 330 g/mol. The number of rotatable bonds is 5. The van der Waals surface area contributed by atoms with Crippen molar-refractivity contribution >= 4 is 34.8 Å². The Morgan fingerprint density at radius 1 is 0.885 bits per heavy atom. The summed E-state index contributed by atoms with van der Waals surface area (Å²) in [5, 5.41) is 5.42. The number of aryl methyl sites for hydroxylation is 2. The lowest BCUT2D eigenvalue weighted by Crippen LogP contribution is -2.37. The van der Waals surface area contributed by atoms with Crippen molar-refractivity contribution in [2.75, 3.05) is 22.1 Å². The molecular formula is C20H23N3O3. The summed E-state index contributed by atoms with van der Waals surface area (Å²) < 4.78 is 0. The molecule has 0 aliphatic rings. The van der Waals surface area contributed by atoms with E-state index in [2.05, 4.69) is 10.6 Å². The number of anilines is 3. The topological polar surface area (TPSA) is 78.5 Å². The molecule has 0 atom stereocenters. The fraction of sp³-hybridized carbons (Fsp3) is 0.250. The van der Waals surface area contributed by atoms with Crippen molar-refractivity contribution in [1.82, 2.24) is 0 Å². The second kappa shape index (κ2) is 8.29. The predicted molar refractivity (Wildman–Crippen MR) is 103 cm³/mol. The Morgan fingerprint density at radius 2 is 1.46 bits per heavy atom. The van der Waals surface area contributed by atoms with Gasteiger partial charge in [-0.25, -0.2) is 0 Å². The molecule has 0 aliphatic carbocycles. The number of carbonyl (C=O) groups excluding carboxylic acids is 3. The molecule has 0 saturated heterocycles. The van der Waals surface area contributed by atoms with Gasteiger partial charge in [-0.3, -0.25) is 14.4 Å². The van der Waals surface area contributed by atoms with Crippen molar-refractivity contribution < 1.29 is 14.4 Å². The predicted octanol–water partition coefficient (Wildman–Crippen LogP) is 3.25. The molecule has 0 aromatic heterocycles. The molecule has 0 spiro atoms. The standard InChI is InChI=1S/C20H23N3O3/c1-13-5-10-19(14(2)11-13)23(16(4)25)12-20(26)22-18-8-6-17(7-9-18)21-15(3)24/h5-11H,12H2,1-4H3,(H,21,24)(H,22,26). The van der Waals surface area contributed by atoms with Gasteiger partial charge in [0.2, 0.25) is 17.7 Å². The van der Waals surface area contributed by atoms with Crippen LogP contribution in [-0.2, 0) is 14.4 Å². The average molecular weight is 353 g/mol. The maximum atomic E-state index is 12.4. The van der Waals surface area contributed by atoms with Gasteiger partial charge in [0.05, 0.1) is 0 Å². The molecule has 26 heavy (non-hydrogen) atoms. The highest BCUT2D eigenvalue weighted by atomic mass is 16.2. The van der Waals surface area contributed by atoms with Gasteiger partial charge < -0.3 is 15.5 Å². The highest BCUT2D eigenvalue weighted by Gasteiger charge is 2.17. The first-order chi connectivity index (χ1) is 12.3. The highest BCUT2D eigenvalue weighted by molar-refractivity contribution is 6.02. The Morgan fingerprint density at radius 3 is 1.96 bits per heavy atom. The van der Waals surface area contributed by atoms with Gasteiger partial charge >= 0.3 is 0 Å². The second-order valence-corrected chi connectivity index (χ2v) is 6.20. The summed E-state index contributed by atoms with van der Waals surface area (Å²) in [7, 11) is 0. The zero-order valence-electron chi connectivity index (χ0n) is 15.4. The quantitative estimate of drug-likeness (QED) is 0.866. The lowest BCUT2D eigenvalue weighted by Gasteiger charge is -2.23. The van der Waals surface area contributed by atoms with Crippen LogP contribution in [-0.4, -0.2) is 24.3 Å². The van der Waals surface area contributed by atoms with Crippen LogP contribution in [0.2, 0.25) is 0 Å². The number of amides is 3. The molecule has 0 heterocycles. The van der Waals surface area contributed by atoms with Crippen molar-refractivity contribution in [3.05, 3.63) is 53.6 Å². The molecule has 0 unspecified atom stereocenters. The Bertz CT molecular complexity index is 829. The number of benzene rings is 2. The van der Waals surface area contributed by atoms with E-state index >= 15 is 0 Å². The number of carbonyl (C=O) groups is 3. The second-order valence-electron chi connectivity index (χ2n) is 6.20. The van der Waals surface area contributed by atoms with E-state index in [4.69, 9.17) is 0 Å². The summed E-state index contributed by atoms with van der Waals surface area (Å²) in [6.07, 6.45) is 0. The van der Waals surface area contributed by atoms with Crippen LogP contribution in [0.4, 0.5) is 17.1 Å². The van der Waals surface area contributed by atoms with Crippen LogP contribution in [0.15, 0.2) is 42.5 Å². The van der Waals surface area contributed by atoms with Gasteiger partial charge in [0.25, 0.3) is 0 Å². The van der Waals surface area contributed by atoms with E-state index < -0.39 is 0 Å². The van der Waals surface area contributed by atoms with E-state index in [1.54, 1.807) is 24.3 Å². The monoisotopic (exact) mass is 353 g/mol. The third-order valence-corrected chi connectivity index (χ3v) is 3.81. The smallest absolute Gasteiger partial charge is 0.244 e. The summed E-state index contributed by atoms with van der Waals surface area (Å²) in [5.41, 5.74) is 4.00. The molecule has 6 nitrogen and oxygen atoms in total. The normalized spacial score (nSPS) is 10.2. The van der Waals surface area contributed by atoms with Crippen molar-refractivity contribution in [3.8, 4) is 0 Å². The molecule has 2 aromatic carbocycles. The zero-order valence-corrected chi connectivity index (χ0v) is 15.4. The molecule has 0 saturated carbocycles. The minimum Gasteiger partial charge on any atom is -0.326 e. The molecule has 136 valence electrons. The summed E-state index contributed by atoms with van der Waals surface area (Å²) in [6.45, 7) is 6.68. The Labute approximate surface area is 153 Å². The van der Waals surface area contributed by atoms with E-state index in [1.807, 2.05) is 32.0 Å². The van der Waals surface area contributed by atoms with Crippen molar-refractivity contribution in [1.29, 1.82) is 0 Å². The first-order valence-electron chi connectivity index (χ1n) is 8.29. The van der Waals surface area contributed by atoms with E-state index in [1.165, 1.54) is 18.7 Å². The van der Waals surface area contributed by atoms with Gasteiger partial charge in [-0.2, -0.15) is 0 Å². The zero-order chi connectivity index (χ0) is 19.3. The third-order valence-electron chi connectivity index (χ3n) is 3.81. The van der Waals surface area contributed by atoms with Crippen molar-refractivity contribution in [2.24, 2.45) is 0 Å². The van der Waals surface area contributed by atoms with Gasteiger partial charge in [0.15, 0.2) is 0 Å². The number of nitrogens with zero attached hydrogens (tertiary/aromatic N) is 1. The minimum absolute atomic E-state index is 0.0767. The van der Waals surface area contributed by atoms with Gasteiger partial charge in [0.1, 0.15) is 6.54 Å². The van der Waals surface area contributed by atoms with Crippen LogP contribution in [0.3, 0.4) is 0 Å². The summed E-state index contributed by atoms with van der Waals surface area (Å²) in [5.74, 6) is -0.659. The molecule has 2 N–H and O–H groups in total. The lowest BCUT2D eigenvalue weighted by molar-refractivity contribution is -0.120. The number of hydrogen-bond acceptors (Lipinski definition) is 3. The number of hydrogen-bond donors (Lipinski definition) is 2. The van der Waals surface area contributed by atoms with Crippen LogP contribution in [0.1, 0.15) is 25.0 Å². The van der Waals surface area contributed by atoms with Crippen LogP contribution in [0, 0.1) is 13.8 Å². The third kappa shape index (κ3) is 5.17. The van der Waals surface area contributed by atoms with Crippen LogP contribution in [0.5, 0.6) is 0 Å². The van der Waals surface area contributed by atoms with Crippen molar-refractivity contribution in [3.63, 3.8) is 0 Å². The highest BCUT2D eigenvalue weighted by Crippen LogP contribution is 2.21. The minimum atomic E-state index is -0.299. The average Bonchev–Trinajstić information content (AvgIpc) is 2.54. The van der Waals surface area contributed by atoms with E-state index in [-0.39, 0.29) is 24.3 Å². The fourth-order valence-electron chi connectivity index (χ4n) is 2.66. The van der Waals surface area contributed by atoms with Gasteiger partial charge in [-0.1, -0.05) is 17.7 Å². The van der Waals surface area contributed by atoms with E-state index in [9.17, 15) is 14.4 Å². The van der Waals surface area contributed by atoms with Crippen LogP contribution >= 0.6 is 0 Å². The molecule has 0 aliphatic heterocycles. The Balaban J connectivity index is 2.08. The summed E-state index contributed by atoms with van der Waals surface area (Å²) in [4.78, 5) is 36.9. The molecule has 2 aromatic rings. The van der Waals surface area contributed by atoms with Gasteiger partial charge in [-0.05, 0) is 49.7 Å². The maximum absolute atomic E-state index is 12.4. The SMILES string of the molecule is CC(=O)Nc1ccc(NC(=O)CN(C(C)=O)c2ccc(C)cc2C)cc1. The maximum Gasteiger partial charge on any atom is 0.244 e. The molecule has 2 rings (SSSR count). The van der Waals surface area contributed by atoms with Gasteiger partial charge in [0, 0.05) is 30.9 Å². The Hall–Kier alpha value is -3.15. The molecule has 0 fully saturated rings. The largest absolute Gasteiger partial charge is 0.326 e. The van der Waals surface area contributed by atoms with Crippen LogP contribution in [0.25, 0.3) is 0 Å². The fourth-order valence-corrected chi connectivity index (χ4v) is 2.66. The first kappa shape index (κ1) is 19.2. The Kier molecular flexibility index (Phi) is 6.11. The summed E-state index contributed by atoms with van der Waals surface area (Å²) in [6, 6.07) is 12.5. The van der Waals surface area contributed by atoms with Crippen LogP contribution < -0.4 is 15.5 Å².